The average molecular weight is 213 g/mol. The Hall–Kier alpha value is -1.40. The van der Waals surface area contributed by atoms with E-state index < -0.39 is 11.1 Å². The Morgan fingerprint density at radius 3 is 2.67 bits per heavy atom. The van der Waals surface area contributed by atoms with Gasteiger partial charge in [0.25, 0.3) is 0 Å². The average Bonchev–Trinajstić information content (AvgIpc) is 2.20. The Labute approximate surface area is 86.9 Å². The molecule has 0 saturated carbocycles. The lowest BCUT2D eigenvalue weighted by Crippen LogP contribution is -2.43. The van der Waals surface area contributed by atoms with Gasteiger partial charge in [-0.25, -0.2) is 0 Å². The van der Waals surface area contributed by atoms with Crippen molar-refractivity contribution in [1.82, 2.24) is 9.13 Å². The highest BCUT2D eigenvalue weighted by Gasteiger charge is 2.06. The van der Waals surface area contributed by atoms with Crippen molar-refractivity contribution in [2.75, 3.05) is 13.7 Å². The topological polar surface area (TPSA) is 79.2 Å². The largest absolute Gasteiger partial charge is 0.383 e. The predicted octanol–water partition coefficient (Wildman–Crippen LogP) is -1.48. The number of hydrogen-bond acceptors (Lipinski definition) is 4. The molecule has 1 aromatic heterocycles. The molecule has 0 aliphatic rings. The smallest absolute Gasteiger partial charge is 0.316 e. The van der Waals surface area contributed by atoms with E-state index in [2.05, 4.69) is 0 Å². The van der Waals surface area contributed by atoms with Crippen molar-refractivity contribution < 1.29 is 4.74 Å². The highest BCUT2D eigenvalue weighted by molar-refractivity contribution is 4.85. The molecular weight excluding hydrogens is 198 g/mol. The van der Waals surface area contributed by atoms with Gasteiger partial charge in [0.05, 0.1) is 6.61 Å². The summed E-state index contributed by atoms with van der Waals surface area (Å²) in [6.07, 6.45) is 3.07. The molecule has 0 aliphatic carbocycles. The van der Waals surface area contributed by atoms with Gasteiger partial charge in [0, 0.05) is 39.1 Å². The molecule has 6 nitrogen and oxygen atoms in total. The summed E-state index contributed by atoms with van der Waals surface area (Å²) in [7, 11) is 3.07. The van der Waals surface area contributed by atoms with Gasteiger partial charge < -0.3 is 19.6 Å². The number of aromatic nitrogens is 2. The molecule has 0 saturated heterocycles. The Bertz CT molecular complexity index is 435. The van der Waals surface area contributed by atoms with E-state index in [0.29, 0.717) is 6.61 Å². The van der Waals surface area contributed by atoms with Crippen molar-refractivity contribution in [3.05, 3.63) is 33.1 Å². The second-order valence-corrected chi connectivity index (χ2v) is 3.39. The van der Waals surface area contributed by atoms with Crippen LogP contribution in [0.2, 0.25) is 0 Å². The molecule has 1 aromatic rings. The minimum atomic E-state index is -0.563. The SMILES string of the molecule is COCC(N)Cn1ccn(C)c(=O)c1=O. The number of ether oxygens (including phenoxy) is 1. The highest BCUT2D eigenvalue weighted by atomic mass is 16.5. The first-order valence-corrected chi connectivity index (χ1v) is 4.57. The molecule has 0 aromatic carbocycles. The first-order valence-electron chi connectivity index (χ1n) is 4.57. The Balaban J connectivity index is 2.93. The van der Waals surface area contributed by atoms with E-state index in [0.717, 1.165) is 0 Å². The molecule has 0 radical (unpaired) electrons. The molecule has 15 heavy (non-hydrogen) atoms. The second kappa shape index (κ2) is 4.90. The number of hydrogen-bond donors (Lipinski definition) is 1. The summed E-state index contributed by atoms with van der Waals surface area (Å²) in [5.74, 6) is 0. The van der Waals surface area contributed by atoms with Crippen LogP contribution in [0.1, 0.15) is 0 Å². The third-order valence-electron chi connectivity index (χ3n) is 2.05. The third-order valence-corrected chi connectivity index (χ3v) is 2.05. The van der Waals surface area contributed by atoms with E-state index in [1.165, 1.54) is 29.5 Å². The summed E-state index contributed by atoms with van der Waals surface area (Å²) in [5.41, 5.74) is 4.56. The first-order chi connectivity index (χ1) is 7.06. The van der Waals surface area contributed by atoms with Gasteiger partial charge in [-0.3, -0.25) is 9.59 Å². The molecule has 0 spiro atoms. The van der Waals surface area contributed by atoms with Crippen molar-refractivity contribution in [3.63, 3.8) is 0 Å². The van der Waals surface area contributed by atoms with Gasteiger partial charge >= 0.3 is 11.1 Å². The summed E-state index contributed by atoms with van der Waals surface area (Å²) in [4.78, 5) is 22.7. The van der Waals surface area contributed by atoms with E-state index in [9.17, 15) is 9.59 Å². The van der Waals surface area contributed by atoms with Crippen LogP contribution in [0.5, 0.6) is 0 Å². The Morgan fingerprint density at radius 1 is 1.40 bits per heavy atom. The molecule has 0 aliphatic heterocycles. The van der Waals surface area contributed by atoms with Gasteiger partial charge in [-0.1, -0.05) is 0 Å². The van der Waals surface area contributed by atoms with Crippen LogP contribution < -0.4 is 16.9 Å². The standard InChI is InChI=1S/C9H15N3O3/c1-11-3-4-12(9(14)8(11)13)5-7(10)6-15-2/h3-4,7H,5-6,10H2,1-2H3. The normalized spacial score (nSPS) is 12.7. The van der Waals surface area contributed by atoms with Crippen LogP contribution in [0.3, 0.4) is 0 Å². The molecule has 84 valence electrons. The molecule has 2 N–H and O–H groups in total. The molecule has 1 atom stereocenters. The molecule has 0 bridgehead atoms. The minimum absolute atomic E-state index is 0.281. The van der Waals surface area contributed by atoms with Crippen molar-refractivity contribution in [2.45, 2.75) is 12.6 Å². The van der Waals surface area contributed by atoms with Crippen molar-refractivity contribution in [1.29, 1.82) is 0 Å². The molecule has 1 heterocycles. The fourth-order valence-electron chi connectivity index (χ4n) is 1.25. The van der Waals surface area contributed by atoms with E-state index in [1.807, 2.05) is 0 Å². The van der Waals surface area contributed by atoms with Crippen LogP contribution in [-0.4, -0.2) is 28.9 Å². The van der Waals surface area contributed by atoms with Crippen molar-refractivity contribution in [3.8, 4) is 0 Å². The van der Waals surface area contributed by atoms with Crippen LogP contribution in [0.25, 0.3) is 0 Å². The summed E-state index contributed by atoms with van der Waals surface area (Å²) < 4.78 is 7.38. The van der Waals surface area contributed by atoms with E-state index in [4.69, 9.17) is 10.5 Å². The maximum atomic E-state index is 11.5. The molecule has 0 fully saturated rings. The van der Waals surface area contributed by atoms with Gasteiger partial charge in [-0.15, -0.1) is 0 Å². The van der Waals surface area contributed by atoms with Crippen LogP contribution in [0.4, 0.5) is 0 Å². The molecule has 1 unspecified atom stereocenters. The van der Waals surface area contributed by atoms with Crippen molar-refractivity contribution >= 4 is 0 Å². The fourth-order valence-corrected chi connectivity index (χ4v) is 1.25. The number of rotatable bonds is 4. The van der Waals surface area contributed by atoms with E-state index in [1.54, 1.807) is 6.20 Å². The van der Waals surface area contributed by atoms with E-state index in [-0.39, 0.29) is 12.6 Å². The van der Waals surface area contributed by atoms with Crippen LogP contribution in [0.15, 0.2) is 22.0 Å². The zero-order valence-electron chi connectivity index (χ0n) is 8.84. The van der Waals surface area contributed by atoms with Gasteiger partial charge in [0.1, 0.15) is 0 Å². The summed E-state index contributed by atoms with van der Waals surface area (Å²) in [5, 5.41) is 0. The summed E-state index contributed by atoms with van der Waals surface area (Å²) in [6, 6.07) is -0.292. The monoisotopic (exact) mass is 213 g/mol. The lowest BCUT2D eigenvalue weighted by Gasteiger charge is -2.12. The molecular formula is C9H15N3O3. The first kappa shape index (κ1) is 11.7. The number of methoxy groups -OCH3 is 1. The lowest BCUT2D eigenvalue weighted by atomic mass is 10.3. The minimum Gasteiger partial charge on any atom is -0.383 e. The number of nitrogens with zero attached hydrogens (tertiary/aromatic N) is 2. The van der Waals surface area contributed by atoms with Gasteiger partial charge in [0.2, 0.25) is 0 Å². The fraction of sp³-hybridized carbons (Fsp3) is 0.556. The Morgan fingerprint density at radius 2 is 2.07 bits per heavy atom. The summed E-state index contributed by atoms with van der Waals surface area (Å²) >= 11 is 0. The summed E-state index contributed by atoms with van der Waals surface area (Å²) in [6.45, 7) is 0.629. The lowest BCUT2D eigenvalue weighted by molar-refractivity contribution is 0.173. The van der Waals surface area contributed by atoms with Crippen LogP contribution in [-0.2, 0) is 18.3 Å². The maximum Gasteiger partial charge on any atom is 0.316 e. The molecule has 1 rings (SSSR count). The number of aryl methyl sites for hydroxylation is 1. The zero-order chi connectivity index (χ0) is 11.4. The van der Waals surface area contributed by atoms with Crippen LogP contribution in [0, 0.1) is 0 Å². The highest BCUT2D eigenvalue weighted by Crippen LogP contribution is 1.85. The molecule has 6 heteroatoms. The van der Waals surface area contributed by atoms with Gasteiger partial charge in [-0.2, -0.15) is 0 Å². The molecule has 0 amide bonds. The van der Waals surface area contributed by atoms with Crippen LogP contribution >= 0.6 is 0 Å². The predicted molar refractivity (Wildman–Crippen MR) is 55.8 cm³/mol. The van der Waals surface area contributed by atoms with Crippen molar-refractivity contribution in [2.24, 2.45) is 12.8 Å². The maximum absolute atomic E-state index is 11.5. The van der Waals surface area contributed by atoms with Gasteiger partial charge in [-0.05, 0) is 0 Å². The number of nitrogens with two attached hydrogens (primary N) is 1. The van der Waals surface area contributed by atoms with E-state index >= 15 is 0 Å². The third kappa shape index (κ3) is 2.77. The van der Waals surface area contributed by atoms with Gasteiger partial charge in [0.15, 0.2) is 0 Å². The zero-order valence-corrected chi connectivity index (χ0v) is 8.84. The quantitative estimate of drug-likeness (QED) is 0.619. The Kier molecular flexibility index (Phi) is 3.81. The second-order valence-electron chi connectivity index (χ2n) is 3.39.